The first-order chi connectivity index (χ1) is 13.7. The van der Waals surface area contributed by atoms with E-state index in [4.69, 9.17) is 0 Å². The van der Waals surface area contributed by atoms with Gasteiger partial charge in [0, 0.05) is 23.8 Å². The van der Waals surface area contributed by atoms with Crippen molar-refractivity contribution in [3.63, 3.8) is 0 Å². The number of hydrogen-bond acceptors (Lipinski definition) is 4. The average molecular weight is 396 g/mol. The van der Waals surface area contributed by atoms with Gasteiger partial charge in [0.05, 0.1) is 11.4 Å². The summed E-state index contributed by atoms with van der Waals surface area (Å²) in [6, 6.07) is 17.8. The summed E-state index contributed by atoms with van der Waals surface area (Å²) in [5.74, 6) is 0.523. The molecule has 2 aromatic carbocycles. The fourth-order valence-corrected chi connectivity index (χ4v) is 4.12. The Morgan fingerprint density at radius 3 is 2.07 bits per heavy atom. The van der Waals surface area contributed by atoms with Crippen molar-refractivity contribution in [2.75, 3.05) is 24.4 Å². The van der Waals surface area contributed by atoms with Gasteiger partial charge in [0.25, 0.3) is 0 Å². The summed E-state index contributed by atoms with van der Waals surface area (Å²) >= 11 is 0. The Morgan fingerprint density at radius 2 is 1.48 bits per heavy atom. The molecule has 29 heavy (non-hydrogen) atoms. The lowest BCUT2D eigenvalue weighted by Gasteiger charge is -2.33. The average Bonchev–Trinajstić information content (AvgIpc) is 2.61. The Kier molecular flexibility index (Phi) is 8.21. The topological polar surface area (TPSA) is 43.2 Å². The normalized spacial score (nSPS) is 13.1. The van der Waals surface area contributed by atoms with Crippen molar-refractivity contribution in [2.45, 2.75) is 59.7 Å². The van der Waals surface area contributed by atoms with Gasteiger partial charge in [-0.1, -0.05) is 37.3 Å². The lowest BCUT2D eigenvalue weighted by Crippen LogP contribution is -2.36. The molecule has 0 saturated carbocycles. The minimum atomic E-state index is 0.364. The number of anilines is 2. The van der Waals surface area contributed by atoms with Crippen LogP contribution in [0.15, 0.2) is 58.9 Å². The molecule has 0 aliphatic rings. The molecule has 0 heterocycles. The molecular formula is C24H37N5. The minimum Gasteiger partial charge on any atom is -0.367 e. The highest BCUT2D eigenvalue weighted by molar-refractivity contribution is 5.56. The Balaban J connectivity index is 2.15. The van der Waals surface area contributed by atoms with Crippen molar-refractivity contribution in [3.8, 4) is 0 Å². The molecule has 0 amide bonds. The van der Waals surface area contributed by atoms with E-state index in [-0.39, 0.29) is 0 Å². The molecule has 0 aromatic heterocycles. The van der Waals surface area contributed by atoms with Crippen LogP contribution in [0.1, 0.15) is 53.1 Å². The zero-order valence-electron chi connectivity index (χ0n) is 19.2. The summed E-state index contributed by atoms with van der Waals surface area (Å²) in [6.45, 7) is 13.3. The van der Waals surface area contributed by atoms with Crippen molar-refractivity contribution in [1.29, 1.82) is 0 Å². The van der Waals surface area contributed by atoms with E-state index in [9.17, 15) is 0 Å². The van der Waals surface area contributed by atoms with Gasteiger partial charge in [-0.25, -0.2) is 0 Å². The minimum absolute atomic E-state index is 0.364. The van der Waals surface area contributed by atoms with Crippen molar-refractivity contribution in [3.05, 3.63) is 54.1 Å². The largest absolute Gasteiger partial charge is 0.367 e. The highest BCUT2D eigenvalue weighted by atomic mass is 15.4. The summed E-state index contributed by atoms with van der Waals surface area (Å²) in [4.78, 5) is 4.63. The summed E-state index contributed by atoms with van der Waals surface area (Å²) in [6.07, 6.45) is 0. The molecule has 0 radical (unpaired) electrons. The molecule has 1 unspecified atom stereocenters. The molecule has 0 spiro atoms. The quantitative estimate of drug-likeness (QED) is 0.380. The van der Waals surface area contributed by atoms with Gasteiger partial charge in [-0.2, -0.15) is 0 Å². The number of nitrogens with zero attached hydrogens (tertiary/aromatic N) is 4. The monoisotopic (exact) mass is 395 g/mol. The second kappa shape index (κ2) is 10.4. The highest BCUT2D eigenvalue weighted by Gasteiger charge is 2.18. The number of benzene rings is 2. The zero-order chi connectivity index (χ0) is 21.6. The maximum Gasteiger partial charge on any atom is 0.0894 e. The predicted octanol–water partition coefficient (Wildman–Crippen LogP) is 6.68. The van der Waals surface area contributed by atoms with Gasteiger partial charge < -0.3 is 9.80 Å². The lowest BCUT2D eigenvalue weighted by molar-refractivity contribution is 0.235. The van der Waals surface area contributed by atoms with E-state index < -0.39 is 0 Å². The maximum atomic E-state index is 4.38. The third kappa shape index (κ3) is 6.29. The van der Waals surface area contributed by atoms with Gasteiger partial charge in [-0.15, -0.1) is 5.11 Å². The van der Waals surface area contributed by atoms with E-state index >= 15 is 0 Å². The Bertz CT molecular complexity index is 779. The maximum absolute atomic E-state index is 4.38. The fraction of sp³-hybridized carbons (Fsp3) is 0.500. The zero-order valence-corrected chi connectivity index (χ0v) is 19.2. The first-order valence-electron chi connectivity index (χ1n) is 10.5. The molecule has 0 bridgehead atoms. The first kappa shape index (κ1) is 22.9. The van der Waals surface area contributed by atoms with Gasteiger partial charge in [-0.3, -0.25) is 5.43 Å². The van der Waals surface area contributed by atoms with Gasteiger partial charge in [-0.05, 0) is 83.6 Å². The van der Waals surface area contributed by atoms with Crippen LogP contribution in [0.4, 0.5) is 17.1 Å². The van der Waals surface area contributed by atoms with Crippen molar-refractivity contribution < 1.29 is 0 Å². The second-order valence-electron chi connectivity index (χ2n) is 8.70. The van der Waals surface area contributed by atoms with Crippen LogP contribution in [0, 0.1) is 5.92 Å². The molecule has 1 atom stereocenters. The molecule has 1 N–H and O–H groups in total. The lowest BCUT2D eigenvalue weighted by atomic mass is 9.95. The van der Waals surface area contributed by atoms with Crippen LogP contribution in [-0.2, 0) is 0 Å². The predicted molar refractivity (Wildman–Crippen MR) is 125 cm³/mol. The summed E-state index contributed by atoms with van der Waals surface area (Å²) in [7, 11) is 4.24. The number of nitrogens with one attached hydrogen (secondary N) is 1. The third-order valence-electron chi connectivity index (χ3n) is 5.00. The van der Waals surface area contributed by atoms with Crippen LogP contribution >= 0.6 is 0 Å². The number of rotatable bonds is 9. The van der Waals surface area contributed by atoms with Crippen molar-refractivity contribution in [1.82, 2.24) is 4.90 Å². The van der Waals surface area contributed by atoms with Crippen molar-refractivity contribution >= 4 is 17.1 Å². The highest BCUT2D eigenvalue weighted by Crippen LogP contribution is 2.29. The van der Waals surface area contributed by atoms with Gasteiger partial charge in [0.15, 0.2) is 0 Å². The van der Waals surface area contributed by atoms with Gasteiger partial charge in [0.1, 0.15) is 0 Å². The standard InChI is InChI=1S/C24H37N5/c1-17(2)24(28(7)8)20-11-9-12-21(15-20)25-27-26-22-13-10-14-23(16-22)29(18(3)4)19(5)6/h9-19,24H,1-8H3,(H,25,26). The molecule has 0 saturated heterocycles. The summed E-state index contributed by atoms with van der Waals surface area (Å²) in [5, 5.41) is 8.62. The van der Waals surface area contributed by atoms with E-state index in [0.29, 0.717) is 24.0 Å². The van der Waals surface area contributed by atoms with E-state index in [1.54, 1.807) is 0 Å². The summed E-state index contributed by atoms with van der Waals surface area (Å²) < 4.78 is 0. The van der Waals surface area contributed by atoms with Crippen LogP contribution in [0.3, 0.4) is 0 Å². The van der Waals surface area contributed by atoms with Crippen LogP contribution in [0.5, 0.6) is 0 Å². The van der Waals surface area contributed by atoms with E-state index in [2.05, 4.69) is 112 Å². The van der Waals surface area contributed by atoms with Crippen LogP contribution in [0.2, 0.25) is 0 Å². The Labute approximate surface area is 176 Å². The molecule has 0 aliphatic heterocycles. The van der Waals surface area contributed by atoms with Gasteiger partial charge in [0.2, 0.25) is 0 Å². The second-order valence-corrected chi connectivity index (χ2v) is 8.70. The molecule has 0 fully saturated rings. The van der Waals surface area contributed by atoms with E-state index in [0.717, 1.165) is 11.4 Å². The molecular weight excluding hydrogens is 358 g/mol. The molecule has 2 rings (SSSR count). The molecule has 158 valence electrons. The number of hydrogen-bond donors (Lipinski definition) is 1. The van der Waals surface area contributed by atoms with Crippen molar-refractivity contribution in [2.24, 2.45) is 16.3 Å². The summed E-state index contributed by atoms with van der Waals surface area (Å²) in [5.41, 5.74) is 7.31. The molecule has 5 nitrogen and oxygen atoms in total. The Morgan fingerprint density at radius 1 is 0.828 bits per heavy atom. The van der Waals surface area contributed by atoms with Crippen LogP contribution in [0.25, 0.3) is 0 Å². The van der Waals surface area contributed by atoms with E-state index in [1.807, 2.05) is 18.2 Å². The molecule has 5 heteroatoms. The van der Waals surface area contributed by atoms with E-state index in [1.165, 1.54) is 11.3 Å². The first-order valence-corrected chi connectivity index (χ1v) is 10.5. The molecule has 2 aromatic rings. The fourth-order valence-electron chi connectivity index (χ4n) is 4.12. The van der Waals surface area contributed by atoms with Crippen LogP contribution in [-0.4, -0.2) is 31.1 Å². The molecule has 0 aliphatic carbocycles. The SMILES string of the molecule is CC(C)C(c1cccc(N/N=N/c2cccc(N(C(C)C)C(C)C)c2)c1)N(C)C. The smallest absolute Gasteiger partial charge is 0.0894 e. The third-order valence-corrected chi connectivity index (χ3v) is 5.00. The van der Waals surface area contributed by atoms with Crippen LogP contribution < -0.4 is 10.3 Å². The Hall–Kier alpha value is -2.40. The van der Waals surface area contributed by atoms with Gasteiger partial charge >= 0.3 is 0 Å².